The van der Waals surface area contributed by atoms with Gasteiger partial charge in [-0.05, 0) is 37.9 Å². The van der Waals surface area contributed by atoms with E-state index in [0.29, 0.717) is 29.6 Å². The third-order valence-electron chi connectivity index (χ3n) is 4.65. The van der Waals surface area contributed by atoms with Crippen molar-refractivity contribution in [3.63, 3.8) is 0 Å². The van der Waals surface area contributed by atoms with Crippen molar-refractivity contribution in [2.45, 2.75) is 45.6 Å². The molecule has 6 heteroatoms. The van der Waals surface area contributed by atoms with Crippen LogP contribution >= 0.6 is 11.6 Å². The highest BCUT2D eigenvalue weighted by molar-refractivity contribution is 6.32. The van der Waals surface area contributed by atoms with Crippen molar-refractivity contribution < 1.29 is 14.6 Å². The Hall–Kier alpha value is -1.46. The van der Waals surface area contributed by atoms with Crippen molar-refractivity contribution in [3.05, 3.63) is 22.2 Å². The number of hydrogen-bond donors (Lipinski definition) is 2. The van der Waals surface area contributed by atoms with Gasteiger partial charge in [-0.3, -0.25) is 9.69 Å². The van der Waals surface area contributed by atoms with Crippen LogP contribution in [-0.2, 0) is 6.42 Å². The molecule has 1 heterocycles. The number of aromatic hydroxyl groups is 1. The number of nitrogens with zero attached hydrogens (tertiary/aromatic N) is 1. The van der Waals surface area contributed by atoms with Gasteiger partial charge in [-0.1, -0.05) is 31.9 Å². The van der Waals surface area contributed by atoms with E-state index in [9.17, 15) is 9.90 Å². The van der Waals surface area contributed by atoms with Gasteiger partial charge in [0.05, 0.1) is 12.7 Å². The molecule has 5 nitrogen and oxygen atoms in total. The largest absolute Gasteiger partial charge is 0.504 e. The maximum absolute atomic E-state index is 12.8. The predicted octanol–water partition coefficient (Wildman–Crippen LogP) is 3.22. The Labute approximate surface area is 148 Å². The fraction of sp³-hybridized carbons (Fsp3) is 0.611. The van der Waals surface area contributed by atoms with Gasteiger partial charge in [-0.2, -0.15) is 0 Å². The van der Waals surface area contributed by atoms with Crippen LogP contribution in [0.2, 0.25) is 5.02 Å². The van der Waals surface area contributed by atoms with E-state index in [0.717, 1.165) is 37.9 Å². The molecule has 0 aliphatic carbocycles. The van der Waals surface area contributed by atoms with Crippen LogP contribution in [0.15, 0.2) is 6.07 Å². The monoisotopic (exact) mass is 354 g/mol. The highest BCUT2D eigenvalue weighted by Crippen LogP contribution is 2.38. The van der Waals surface area contributed by atoms with Crippen LogP contribution in [0.25, 0.3) is 0 Å². The lowest BCUT2D eigenvalue weighted by molar-refractivity contribution is 0.0936. The van der Waals surface area contributed by atoms with Gasteiger partial charge in [0.1, 0.15) is 0 Å². The summed E-state index contributed by atoms with van der Waals surface area (Å²) in [5.74, 6) is -0.154. The first-order valence-electron chi connectivity index (χ1n) is 8.63. The van der Waals surface area contributed by atoms with E-state index in [1.54, 1.807) is 0 Å². The third-order valence-corrected chi connectivity index (χ3v) is 4.99. The summed E-state index contributed by atoms with van der Waals surface area (Å²) in [5, 5.41) is 13.5. The number of phenolic OH excluding ortho intramolecular Hbond substituents is 1. The summed E-state index contributed by atoms with van der Waals surface area (Å²) in [6.07, 6.45) is 3.76. The quantitative estimate of drug-likeness (QED) is 0.789. The Balaban J connectivity index is 2.23. The van der Waals surface area contributed by atoms with E-state index in [2.05, 4.69) is 17.1 Å². The molecule has 0 saturated carbocycles. The molecule has 0 spiro atoms. The van der Waals surface area contributed by atoms with Crippen molar-refractivity contribution in [1.82, 2.24) is 10.2 Å². The molecule has 1 saturated heterocycles. The maximum atomic E-state index is 12.8. The molecule has 0 bridgehead atoms. The normalized spacial score (nSPS) is 17.9. The summed E-state index contributed by atoms with van der Waals surface area (Å²) in [6, 6.07) is 1.81. The lowest BCUT2D eigenvalue weighted by Gasteiger charge is -2.23. The van der Waals surface area contributed by atoms with E-state index in [1.807, 2.05) is 6.92 Å². The second-order valence-electron chi connectivity index (χ2n) is 6.15. The van der Waals surface area contributed by atoms with Gasteiger partial charge < -0.3 is 15.2 Å². The number of halogens is 1. The number of hydrogen-bond acceptors (Lipinski definition) is 4. The van der Waals surface area contributed by atoms with Gasteiger partial charge in [-0.15, -0.1) is 0 Å². The number of amides is 1. The maximum Gasteiger partial charge on any atom is 0.255 e. The molecule has 0 unspecified atom stereocenters. The number of methoxy groups -OCH3 is 1. The molecule has 1 amide bonds. The minimum Gasteiger partial charge on any atom is -0.504 e. The Morgan fingerprint density at radius 1 is 1.50 bits per heavy atom. The first kappa shape index (κ1) is 18.9. The van der Waals surface area contributed by atoms with Crippen molar-refractivity contribution in [2.24, 2.45) is 0 Å². The molecule has 1 aromatic rings. The molecule has 0 radical (unpaired) electrons. The lowest BCUT2D eigenvalue weighted by atomic mass is 10.00. The molecule has 1 aliphatic heterocycles. The zero-order valence-electron chi connectivity index (χ0n) is 14.7. The number of carbonyl (C=O) groups is 1. The van der Waals surface area contributed by atoms with Crippen molar-refractivity contribution in [2.75, 3.05) is 26.7 Å². The summed E-state index contributed by atoms with van der Waals surface area (Å²) in [6.45, 7) is 6.82. The smallest absolute Gasteiger partial charge is 0.255 e. The van der Waals surface area contributed by atoms with Crippen LogP contribution in [0.5, 0.6) is 11.5 Å². The van der Waals surface area contributed by atoms with Crippen LogP contribution in [0.4, 0.5) is 0 Å². The molecule has 0 aromatic heterocycles. The van der Waals surface area contributed by atoms with E-state index in [-0.39, 0.29) is 17.4 Å². The van der Waals surface area contributed by atoms with Crippen molar-refractivity contribution in [1.29, 1.82) is 0 Å². The van der Waals surface area contributed by atoms with Crippen LogP contribution in [-0.4, -0.2) is 48.7 Å². The van der Waals surface area contributed by atoms with Gasteiger partial charge >= 0.3 is 0 Å². The summed E-state index contributed by atoms with van der Waals surface area (Å²) >= 11 is 6.26. The van der Waals surface area contributed by atoms with Gasteiger partial charge in [0, 0.05) is 23.7 Å². The molecular formula is C18H27ClN2O3. The van der Waals surface area contributed by atoms with E-state index < -0.39 is 0 Å². The van der Waals surface area contributed by atoms with Gasteiger partial charge in [0.2, 0.25) is 0 Å². The van der Waals surface area contributed by atoms with Crippen LogP contribution in [0.1, 0.15) is 49.0 Å². The fourth-order valence-corrected chi connectivity index (χ4v) is 3.73. The average Bonchev–Trinajstić information content (AvgIpc) is 3.02. The lowest BCUT2D eigenvalue weighted by Crippen LogP contribution is -2.40. The van der Waals surface area contributed by atoms with Gasteiger partial charge in [0.25, 0.3) is 5.91 Å². The fourth-order valence-electron chi connectivity index (χ4n) is 3.44. The Morgan fingerprint density at radius 2 is 2.25 bits per heavy atom. The second-order valence-corrected chi connectivity index (χ2v) is 6.56. The molecule has 2 rings (SSSR count). The highest BCUT2D eigenvalue weighted by atomic mass is 35.5. The first-order chi connectivity index (χ1) is 11.5. The number of rotatable bonds is 7. The van der Waals surface area contributed by atoms with Crippen molar-refractivity contribution in [3.8, 4) is 11.5 Å². The first-order valence-corrected chi connectivity index (χ1v) is 9.01. The Bertz CT molecular complexity index is 592. The molecule has 1 aromatic carbocycles. The number of phenols is 1. The number of ether oxygens (including phenoxy) is 1. The summed E-state index contributed by atoms with van der Waals surface area (Å²) < 4.78 is 5.27. The molecular weight excluding hydrogens is 328 g/mol. The number of likely N-dealkylation sites (tertiary alicyclic amines) is 1. The van der Waals surface area contributed by atoms with E-state index in [1.165, 1.54) is 13.2 Å². The summed E-state index contributed by atoms with van der Waals surface area (Å²) in [4.78, 5) is 15.2. The topological polar surface area (TPSA) is 61.8 Å². The zero-order chi connectivity index (χ0) is 17.7. The SMILES string of the molecule is CCCc1c(Cl)cc(O)c(OC)c1C(=O)NC[C@@H]1CCCN1CC. The Morgan fingerprint density at radius 3 is 2.88 bits per heavy atom. The van der Waals surface area contributed by atoms with Crippen LogP contribution < -0.4 is 10.1 Å². The van der Waals surface area contributed by atoms with Crippen molar-refractivity contribution >= 4 is 17.5 Å². The molecule has 24 heavy (non-hydrogen) atoms. The number of benzene rings is 1. The second kappa shape index (κ2) is 8.58. The predicted molar refractivity (Wildman–Crippen MR) is 96.3 cm³/mol. The third kappa shape index (κ3) is 3.95. The van der Waals surface area contributed by atoms with Gasteiger partial charge in [0.15, 0.2) is 11.5 Å². The Kier molecular flexibility index (Phi) is 6.75. The molecule has 1 atom stereocenters. The van der Waals surface area contributed by atoms with Crippen LogP contribution in [0, 0.1) is 0 Å². The molecule has 2 N–H and O–H groups in total. The highest BCUT2D eigenvalue weighted by Gasteiger charge is 2.26. The molecule has 1 fully saturated rings. The van der Waals surface area contributed by atoms with Crippen LogP contribution in [0.3, 0.4) is 0 Å². The minimum atomic E-state index is -0.240. The number of carbonyl (C=O) groups excluding carboxylic acids is 1. The van der Waals surface area contributed by atoms with E-state index >= 15 is 0 Å². The molecule has 1 aliphatic rings. The number of nitrogens with one attached hydrogen (secondary N) is 1. The average molecular weight is 355 g/mol. The zero-order valence-corrected chi connectivity index (χ0v) is 15.4. The minimum absolute atomic E-state index is 0.108. The van der Waals surface area contributed by atoms with Gasteiger partial charge in [-0.25, -0.2) is 0 Å². The summed E-state index contributed by atoms with van der Waals surface area (Å²) in [5.41, 5.74) is 1.08. The van der Waals surface area contributed by atoms with E-state index in [4.69, 9.17) is 16.3 Å². The number of likely N-dealkylation sites (N-methyl/N-ethyl adjacent to an activating group) is 1. The standard InChI is InChI=1S/C18H27ClN2O3/c1-4-7-13-14(19)10-15(22)17(24-3)16(13)18(23)20-11-12-8-6-9-21(12)5-2/h10,12,22H,4-9,11H2,1-3H3,(H,20,23)/t12-/m0/s1. The molecule has 134 valence electrons. The summed E-state index contributed by atoms with van der Waals surface area (Å²) in [7, 11) is 1.45.